The van der Waals surface area contributed by atoms with E-state index in [-0.39, 0.29) is 12.3 Å². The van der Waals surface area contributed by atoms with Crippen molar-refractivity contribution >= 4 is 38.6 Å². The minimum absolute atomic E-state index is 0.0837. The second-order valence-electron chi connectivity index (χ2n) is 6.25. The molecule has 0 radical (unpaired) electrons. The number of benzene rings is 2. The summed E-state index contributed by atoms with van der Waals surface area (Å²) in [7, 11) is 1.61. The van der Waals surface area contributed by atoms with E-state index >= 15 is 0 Å². The van der Waals surface area contributed by atoms with Crippen LogP contribution >= 0.6 is 15.9 Å². The monoisotopic (exact) mass is 436 g/mol. The molecule has 2 heterocycles. The maximum absolute atomic E-state index is 12.3. The second-order valence-corrected chi connectivity index (χ2v) is 7.10. The Labute approximate surface area is 170 Å². The van der Waals surface area contributed by atoms with E-state index in [1.54, 1.807) is 19.5 Å². The number of carbonyl (C=O) groups is 1. The van der Waals surface area contributed by atoms with Crippen LogP contribution in [-0.2, 0) is 11.2 Å². The minimum atomic E-state index is -0.0837. The van der Waals surface area contributed by atoms with Gasteiger partial charge in [0, 0.05) is 17.4 Å². The number of anilines is 1. The Hall–Kier alpha value is -3.19. The van der Waals surface area contributed by atoms with Gasteiger partial charge in [-0.1, -0.05) is 6.07 Å². The van der Waals surface area contributed by atoms with Gasteiger partial charge >= 0.3 is 0 Å². The van der Waals surface area contributed by atoms with Gasteiger partial charge in [0.2, 0.25) is 5.91 Å². The van der Waals surface area contributed by atoms with Crippen molar-refractivity contribution in [2.45, 2.75) is 6.42 Å². The Morgan fingerprint density at radius 1 is 1.18 bits per heavy atom. The largest absolute Gasteiger partial charge is 0.496 e. The van der Waals surface area contributed by atoms with Gasteiger partial charge in [0.15, 0.2) is 0 Å². The fourth-order valence-corrected chi connectivity index (χ4v) is 3.50. The van der Waals surface area contributed by atoms with Crippen molar-refractivity contribution in [3.8, 4) is 17.1 Å². The maximum Gasteiger partial charge on any atom is 0.228 e. The topological polar surface area (TPSA) is 79.9 Å². The van der Waals surface area contributed by atoms with Crippen LogP contribution in [0.5, 0.6) is 5.75 Å². The van der Waals surface area contributed by atoms with Gasteiger partial charge in [-0.15, -0.1) is 0 Å². The number of pyridine rings is 1. The molecule has 0 saturated heterocycles. The highest BCUT2D eigenvalue weighted by Gasteiger charge is 2.09. The summed E-state index contributed by atoms with van der Waals surface area (Å²) < 4.78 is 6.03. The Balaban J connectivity index is 1.44. The standard InChI is InChI=1S/C21H17BrN4O2/c1-28-19-7-2-13(10-16(19)22)11-20(27)24-15-5-3-14(4-6-15)21-25-17-8-9-23-12-18(17)26-21/h2-10,12H,11H2,1H3,(H,24,27)(H,25,26). The van der Waals surface area contributed by atoms with Crippen LogP contribution in [0.2, 0.25) is 0 Å². The number of hydrogen-bond donors (Lipinski definition) is 2. The van der Waals surface area contributed by atoms with E-state index in [0.29, 0.717) is 0 Å². The van der Waals surface area contributed by atoms with Gasteiger partial charge in [-0.2, -0.15) is 0 Å². The number of H-pyrrole nitrogens is 1. The first kappa shape index (κ1) is 18.2. The van der Waals surface area contributed by atoms with Gasteiger partial charge < -0.3 is 15.0 Å². The number of methoxy groups -OCH3 is 1. The fraction of sp³-hybridized carbons (Fsp3) is 0.0952. The van der Waals surface area contributed by atoms with Crippen LogP contribution in [0.15, 0.2) is 65.4 Å². The van der Waals surface area contributed by atoms with Gasteiger partial charge in [-0.3, -0.25) is 9.78 Å². The lowest BCUT2D eigenvalue weighted by Gasteiger charge is -2.08. The average molecular weight is 437 g/mol. The van der Waals surface area contributed by atoms with Crippen molar-refractivity contribution in [1.82, 2.24) is 15.0 Å². The zero-order valence-electron chi connectivity index (χ0n) is 15.1. The van der Waals surface area contributed by atoms with Crippen LogP contribution in [0, 0.1) is 0 Å². The van der Waals surface area contributed by atoms with E-state index in [2.05, 4.69) is 36.2 Å². The van der Waals surface area contributed by atoms with E-state index < -0.39 is 0 Å². The SMILES string of the molecule is COc1ccc(CC(=O)Nc2ccc(-c3nc4cnccc4[nH]3)cc2)cc1Br. The highest BCUT2D eigenvalue weighted by atomic mass is 79.9. The number of nitrogens with one attached hydrogen (secondary N) is 2. The Morgan fingerprint density at radius 2 is 2.00 bits per heavy atom. The average Bonchev–Trinajstić information content (AvgIpc) is 3.13. The number of nitrogens with zero attached hydrogens (tertiary/aromatic N) is 2. The normalized spacial score (nSPS) is 10.8. The third-order valence-electron chi connectivity index (χ3n) is 4.31. The zero-order valence-corrected chi connectivity index (χ0v) is 16.7. The number of aromatic nitrogens is 3. The Kier molecular flexibility index (Phi) is 5.08. The molecular formula is C21H17BrN4O2. The van der Waals surface area contributed by atoms with E-state index in [9.17, 15) is 4.79 Å². The molecule has 4 aromatic rings. The predicted molar refractivity (Wildman–Crippen MR) is 112 cm³/mol. The van der Waals surface area contributed by atoms with Gasteiger partial charge in [0.05, 0.1) is 29.7 Å². The number of aromatic amines is 1. The maximum atomic E-state index is 12.3. The molecule has 0 aliphatic heterocycles. The third-order valence-corrected chi connectivity index (χ3v) is 4.93. The van der Waals surface area contributed by atoms with E-state index in [1.165, 1.54) is 0 Å². The first-order chi connectivity index (χ1) is 13.6. The number of imidazole rings is 1. The summed E-state index contributed by atoms with van der Waals surface area (Å²) in [6.45, 7) is 0. The van der Waals surface area contributed by atoms with E-state index in [1.807, 2.05) is 48.5 Å². The van der Waals surface area contributed by atoms with Crippen LogP contribution in [0.1, 0.15) is 5.56 Å². The number of fused-ring (bicyclic) bond motifs is 1. The molecule has 0 fully saturated rings. The molecule has 0 aliphatic carbocycles. The molecule has 1 amide bonds. The molecule has 2 N–H and O–H groups in total. The van der Waals surface area contributed by atoms with Gasteiger partial charge in [0.25, 0.3) is 0 Å². The van der Waals surface area contributed by atoms with Crippen molar-refractivity contribution in [2.24, 2.45) is 0 Å². The minimum Gasteiger partial charge on any atom is -0.496 e. The zero-order chi connectivity index (χ0) is 19.5. The first-order valence-corrected chi connectivity index (χ1v) is 9.44. The highest BCUT2D eigenvalue weighted by molar-refractivity contribution is 9.10. The molecule has 0 atom stereocenters. The molecule has 0 aliphatic rings. The summed E-state index contributed by atoms with van der Waals surface area (Å²) >= 11 is 3.44. The molecule has 28 heavy (non-hydrogen) atoms. The lowest BCUT2D eigenvalue weighted by molar-refractivity contribution is -0.115. The van der Waals surface area contributed by atoms with Crippen LogP contribution in [0.3, 0.4) is 0 Å². The smallest absolute Gasteiger partial charge is 0.228 e. The van der Waals surface area contributed by atoms with Crippen LogP contribution in [0.4, 0.5) is 5.69 Å². The molecule has 0 spiro atoms. The van der Waals surface area contributed by atoms with Crippen molar-refractivity contribution in [1.29, 1.82) is 0 Å². The molecule has 7 heteroatoms. The number of halogens is 1. The number of rotatable bonds is 5. The summed E-state index contributed by atoms with van der Waals surface area (Å²) in [4.78, 5) is 24.2. The number of ether oxygens (including phenoxy) is 1. The molecule has 140 valence electrons. The fourth-order valence-electron chi connectivity index (χ4n) is 2.92. The predicted octanol–water partition coefficient (Wildman–Crippen LogP) is 4.58. The van der Waals surface area contributed by atoms with Crippen LogP contribution < -0.4 is 10.1 Å². The van der Waals surface area contributed by atoms with Gasteiger partial charge in [-0.25, -0.2) is 4.98 Å². The first-order valence-electron chi connectivity index (χ1n) is 8.65. The summed E-state index contributed by atoms with van der Waals surface area (Å²) in [5, 5.41) is 2.92. The summed E-state index contributed by atoms with van der Waals surface area (Å²) in [6.07, 6.45) is 3.73. The molecule has 4 rings (SSSR count). The van der Waals surface area contributed by atoms with Gasteiger partial charge in [-0.05, 0) is 64.0 Å². The summed E-state index contributed by atoms with van der Waals surface area (Å²) in [5.74, 6) is 1.42. The van der Waals surface area contributed by atoms with Gasteiger partial charge in [0.1, 0.15) is 17.1 Å². The lowest BCUT2D eigenvalue weighted by atomic mass is 10.1. The molecular weight excluding hydrogens is 420 g/mol. The molecule has 0 bridgehead atoms. The second kappa shape index (κ2) is 7.82. The quantitative estimate of drug-likeness (QED) is 0.479. The third kappa shape index (κ3) is 3.89. The molecule has 0 saturated carbocycles. The number of amides is 1. The Bertz CT molecular complexity index is 1110. The molecule has 2 aromatic heterocycles. The van der Waals surface area contributed by atoms with Crippen LogP contribution in [-0.4, -0.2) is 28.0 Å². The highest BCUT2D eigenvalue weighted by Crippen LogP contribution is 2.26. The lowest BCUT2D eigenvalue weighted by Crippen LogP contribution is -2.14. The van der Waals surface area contributed by atoms with Crippen molar-refractivity contribution in [2.75, 3.05) is 12.4 Å². The molecule has 2 aromatic carbocycles. The summed E-state index contributed by atoms with van der Waals surface area (Å²) in [6, 6.07) is 15.1. The van der Waals surface area contributed by atoms with Crippen molar-refractivity contribution < 1.29 is 9.53 Å². The summed E-state index contributed by atoms with van der Waals surface area (Å²) in [5.41, 5.74) is 4.33. The van der Waals surface area contributed by atoms with Crippen molar-refractivity contribution in [3.05, 3.63) is 71.0 Å². The number of hydrogen-bond acceptors (Lipinski definition) is 4. The number of carbonyl (C=O) groups excluding carboxylic acids is 1. The molecule has 6 nitrogen and oxygen atoms in total. The Morgan fingerprint density at radius 3 is 2.71 bits per heavy atom. The van der Waals surface area contributed by atoms with Crippen molar-refractivity contribution in [3.63, 3.8) is 0 Å². The van der Waals surface area contributed by atoms with E-state index in [0.717, 1.165) is 43.9 Å². The van der Waals surface area contributed by atoms with Crippen LogP contribution in [0.25, 0.3) is 22.4 Å². The van der Waals surface area contributed by atoms with E-state index in [4.69, 9.17) is 4.74 Å². The molecule has 0 unspecified atom stereocenters.